The zero-order valence-corrected chi connectivity index (χ0v) is 9.95. The summed E-state index contributed by atoms with van der Waals surface area (Å²) in [7, 11) is 2.05. The van der Waals surface area contributed by atoms with E-state index in [0.717, 1.165) is 18.0 Å². The molecule has 3 N–H and O–H groups in total. The molecule has 1 saturated carbocycles. The Hall–Kier alpha value is -1.09. The van der Waals surface area contributed by atoms with Crippen LogP contribution < -0.4 is 11.1 Å². The number of hydrogen-bond acceptors (Lipinski definition) is 3. The van der Waals surface area contributed by atoms with Gasteiger partial charge >= 0.3 is 0 Å². The Morgan fingerprint density at radius 2 is 2.25 bits per heavy atom. The van der Waals surface area contributed by atoms with E-state index in [9.17, 15) is 0 Å². The highest BCUT2D eigenvalue weighted by Gasteiger charge is 2.24. The van der Waals surface area contributed by atoms with E-state index >= 15 is 0 Å². The van der Waals surface area contributed by atoms with Crippen molar-refractivity contribution < 1.29 is 0 Å². The van der Waals surface area contributed by atoms with Crippen LogP contribution in [-0.4, -0.2) is 18.1 Å². The van der Waals surface area contributed by atoms with E-state index in [1.807, 2.05) is 12.3 Å². The summed E-state index contributed by atoms with van der Waals surface area (Å²) in [6.07, 6.45) is 10.1. The quantitative estimate of drug-likeness (QED) is 0.814. The van der Waals surface area contributed by atoms with Gasteiger partial charge in [-0.3, -0.25) is 4.98 Å². The monoisotopic (exact) mass is 219 g/mol. The average Bonchev–Trinajstić information content (AvgIpc) is 2.81. The maximum absolute atomic E-state index is 5.95. The van der Waals surface area contributed by atoms with E-state index in [4.69, 9.17) is 5.73 Å². The van der Waals surface area contributed by atoms with Crippen molar-refractivity contribution in [1.29, 1.82) is 0 Å². The van der Waals surface area contributed by atoms with Gasteiger partial charge in [-0.25, -0.2) is 0 Å². The number of aromatic nitrogens is 1. The van der Waals surface area contributed by atoms with Gasteiger partial charge < -0.3 is 11.1 Å². The zero-order chi connectivity index (χ0) is 11.4. The molecule has 1 unspecified atom stereocenters. The predicted octanol–water partition coefficient (Wildman–Crippen LogP) is 1.98. The Labute approximate surface area is 97.5 Å². The zero-order valence-electron chi connectivity index (χ0n) is 9.95. The second-order valence-electron chi connectivity index (χ2n) is 4.72. The largest absolute Gasteiger partial charge is 0.398 e. The van der Waals surface area contributed by atoms with Crippen LogP contribution in [0.15, 0.2) is 18.5 Å². The van der Waals surface area contributed by atoms with Crippen molar-refractivity contribution in [3.05, 3.63) is 24.0 Å². The van der Waals surface area contributed by atoms with Crippen molar-refractivity contribution in [2.24, 2.45) is 5.92 Å². The number of nitrogens with one attached hydrogen (secondary N) is 1. The van der Waals surface area contributed by atoms with Crippen molar-refractivity contribution in [3.8, 4) is 0 Å². The van der Waals surface area contributed by atoms with Gasteiger partial charge in [0.05, 0.1) is 0 Å². The highest BCUT2D eigenvalue weighted by atomic mass is 14.9. The highest BCUT2D eigenvalue weighted by molar-refractivity contribution is 5.44. The van der Waals surface area contributed by atoms with Crippen LogP contribution in [0.5, 0.6) is 0 Å². The summed E-state index contributed by atoms with van der Waals surface area (Å²) < 4.78 is 0. The Kier molecular flexibility index (Phi) is 3.78. The third kappa shape index (κ3) is 2.53. The molecule has 0 saturated heterocycles. The van der Waals surface area contributed by atoms with Gasteiger partial charge in [0.1, 0.15) is 0 Å². The van der Waals surface area contributed by atoms with Crippen molar-refractivity contribution >= 4 is 5.69 Å². The van der Waals surface area contributed by atoms with Crippen LogP contribution in [0.25, 0.3) is 0 Å². The molecular formula is C13H21N3. The van der Waals surface area contributed by atoms with Gasteiger partial charge in [-0.1, -0.05) is 12.8 Å². The molecule has 1 atom stereocenters. The minimum absolute atomic E-state index is 0.550. The van der Waals surface area contributed by atoms with Crippen LogP contribution in [0.4, 0.5) is 5.69 Å². The van der Waals surface area contributed by atoms with Crippen molar-refractivity contribution in [1.82, 2.24) is 10.3 Å². The van der Waals surface area contributed by atoms with Gasteiger partial charge in [0.15, 0.2) is 0 Å². The van der Waals surface area contributed by atoms with E-state index in [2.05, 4.69) is 17.3 Å². The molecule has 88 valence electrons. The molecular weight excluding hydrogens is 198 g/mol. The molecule has 0 aromatic carbocycles. The maximum Gasteiger partial charge on any atom is 0.0378 e. The molecule has 3 nitrogen and oxygen atoms in total. The summed E-state index contributed by atoms with van der Waals surface area (Å²) in [5, 5.41) is 3.44. The molecule has 1 aromatic rings. The second-order valence-corrected chi connectivity index (χ2v) is 4.72. The van der Waals surface area contributed by atoms with Crippen LogP contribution >= 0.6 is 0 Å². The minimum atomic E-state index is 0.550. The predicted molar refractivity (Wildman–Crippen MR) is 67.2 cm³/mol. The van der Waals surface area contributed by atoms with Gasteiger partial charge in [0.25, 0.3) is 0 Å². The van der Waals surface area contributed by atoms with Gasteiger partial charge in [0.2, 0.25) is 0 Å². The Bertz CT molecular complexity index is 332. The first-order valence-electron chi connectivity index (χ1n) is 6.17. The van der Waals surface area contributed by atoms with Crippen molar-refractivity contribution in [2.45, 2.75) is 38.1 Å². The van der Waals surface area contributed by atoms with Gasteiger partial charge in [-0.05, 0) is 43.9 Å². The molecule has 0 radical (unpaired) electrons. The third-order valence-electron chi connectivity index (χ3n) is 3.72. The van der Waals surface area contributed by atoms with Crippen LogP contribution in [0.2, 0.25) is 0 Å². The SMILES string of the molecule is CNC(Cc1cnccc1N)C1CCCC1. The van der Waals surface area contributed by atoms with E-state index in [0.29, 0.717) is 6.04 Å². The number of nitrogen functional groups attached to an aromatic ring is 1. The molecule has 0 bridgehead atoms. The molecule has 16 heavy (non-hydrogen) atoms. The van der Waals surface area contributed by atoms with Gasteiger partial charge in [-0.15, -0.1) is 0 Å². The number of rotatable bonds is 4. The fourth-order valence-corrected chi connectivity index (χ4v) is 2.71. The van der Waals surface area contributed by atoms with Crippen LogP contribution in [-0.2, 0) is 6.42 Å². The van der Waals surface area contributed by atoms with Gasteiger partial charge in [-0.2, -0.15) is 0 Å². The van der Waals surface area contributed by atoms with Gasteiger partial charge in [0, 0.05) is 24.1 Å². The number of anilines is 1. The number of nitrogens with zero attached hydrogens (tertiary/aromatic N) is 1. The molecule has 1 aromatic heterocycles. The molecule has 1 aliphatic rings. The van der Waals surface area contributed by atoms with E-state index in [1.54, 1.807) is 6.20 Å². The number of likely N-dealkylation sites (N-methyl/N-ethyl adjacent to an activating group) is 1. The highest BCUT2D eigenvalue weighted by Crippen LogP contribution is 2.29. The second kappa shape index (κ2) is 5.30. The van der Waals surface area contributed by atoms with E-state index in [1.165, 1.54) is 31.2 Å². The lowest BCUT2D eigenvalue weighted by atomic mass is 9.92. The molecule has 3 heteroatoms. The summed E-state index contributed by atoms with van der Waals surface area (Å²) in [6.45, 7) is 0. The lowest BCUT2D eigenvalue weighted by molar-refractivity contribution is 0.377. The molecule has 1 fully saturated rings. The first-order chi connectivity index (χ1) is 7.81. The Morgan fingerprint density at radius 1 is 1.50 bits per heavy atom. The summed E-state index contributed by atoms with van der Waals surface area (Å²) in [6, 6.07) is 2.44. The first-order valence-corrected chi connectivity index (χ1v) is 6.17. The van der Waals surface area contributed by atoms with Crippen molar-refractivity contribution in [3.63, 3.8) is 0 Å². The summed E-state index contributed by atoms with van der Waals surface area (Å²) in [5.41, 5.74) is 8.00. The standard InChI is InChI=1S/C13H21N3/c1-15-13(10-4-2-3-5-10)8-11-9-16-7-6-12(11)14/h6-7,9-10,13,15H,2-5,8H2,1H3,(H2,14,16). The lowest BCUT2D eigenvalue weighted by Crippen LogP contribution is -2.34. The normalized spacial score (nSPS) is 18.8. The van der Waals surface area contributed by atoms with E-state index < -0.39 is 0 Å². The Balaban J connectivity index is 2.03. The number of pyridine rings is 1. The fraction of sp³-hybridized carbons (Fsp3) is 0.615. The average molecular weight is 219 g/mol. The first kappa shape index (κ1) is 11.4. The summed E-state index contributed by atoms with van der Waals surface area (Å²) in [4.78, 5) is 4.15. The van der Waals surface area contributed by atoms with Crippen molar-refractivity contribution in [2.75, 3.05) is 12.8 Å². The molecule has 1 aliphatic carbocycles. The molecule has 0 amide bonds. The van der Waals surface area contributed by atoms with E-state index in [-0.39, 0.29) is 0 Å². The molecule has 0 aliphatic heterocycles. The topological polar surface area (TPSA) is 50.9 Å². The Morgan fingerprint density at radius 3 is 2.88 bits per heavy atom. The fourth-order valence-electron chi connectivity index (χ4n) is 2.71. The maximum atomic E-state index is 5.95. The lowest BCUT2D eigenvalue weighted by Gasteiger charge is -2.23. The van der Waals surface area contributed by atoms with Crippen LogP contribution in [0.3, 0.4) is 0 Å². The number of hydrogen-bond donors (Lipinski definition) is 2. The van der Waals surface area contributed by atoms with Crippen LogP contribution in [0.1, 0.15) is 31.2 Å². The third-order valence-corrected chi connectivity index (χ3v) is 3.72. The smallest absolute Gasteiger partial charge is 0.0378 e. The summed E-state index contributed by atoms with van der Waals surface area (Å²) >= 11 is 0. The number of nitrogens with two attached hydrogens (primary N) is 1. The summed E-state index contributed by atoms with van der Waals surface area (Å²) in [5.74, 6) is 0.810. The van der Waals surface area contributed by atoms with Crippen LogP contribution in [0, 0.1) is 5.92 Å². The molecule has 1 heterocycles. The molecule has 2 rings (SSSR count). The molecule has 0 spiro atoms. The minimum Gasteiger partial charge on any atom is -0.398 e.